The van der Waals surface area contributed by atoms with E-state index in [1.165, 1.54) is 0 Å². The number of rotatable bonds is 6. The second-order valence-electron chi connectivity index (χ2n) is 4.72. The average Bonchev–Trinajstić information content (AvgIpc) is 2.94. The first-order valence-corrected chi connectivity index (χ1v) is 6.50. The van der Waals surface area contributed by atoms with Crippen molar-refractivity contribution < 1.29 is 9.84 Å². The van der Waals surface area contributed by atoms with Crippen molar-refractivity contribution in [1.29, 1.82) is 0 Å². The first-order chi connectivity index (χ1) is 9.22. The van der Waals surface area contributed by atoms with Crippen LogP contribution in [0.1, 0.15) is 25.1 Å². The highest BCUT2D eigenvalue weighted by atomic mass is 16.5. The summed E-state index contributed by atoms with van der Waals surface area (Å²) >= 11 is 0. The highest BCUT2D eigenvalue weighted by Crippen LogP contribution is 2.23. The van der Waals surface area contributed by atoms with Crippen LogP contribution in [0.5, 0.6) is 0 Å². The molecule has 2 rings (SSSR count). The fraction of sp³-hybridized carbons (Fsp3) is 0.400. The SMILES string of the molecule is COCCC(C)C(O)c1ccn(-c2ccccc2)n1. The number of nitrogens with zero attached hydrogens (tertiary/aromatic N) is 2. The standard InChI is InChI=1S/C15H20N2O2/c1-12(9-11-19-2)15(18)14-8-10-17(16-14)13-6-4-3-5-7-13/h3-8,10,12,15,18H,9,11H2,1-2H3. The van der Waals surface area contributed by atoms with Crippen molar-refractivity contribution in [2.75, 3.05) is 13.7 Å². The van der Waals surface area contributed by atoms with E-state index in [4.69, 9.17) is 4.74 Å². The molecule has 19 heavy (non-hydrogen) atoms. The van der Waals surface area contributed by atoms with Crippen LogP contribution in [0.4, 0.5) is 0 Å². The van der Waals surface area contributed by atoms with Crippen LogP contribution < -0.4 is 0 Å². The van der Waals surface area contributed by atoms with Crippen molar-refractivity contribution in [3.63, 3.8) is 0 Å². The zero-order chi connectivity index (χ0) is 13.7. The number of methoxy groups -OCH3 is 1. The predicted octanol–water partition coefficient (Wildman–Crippen LogP) is 2.58. The summed E-state index contributed by atoms with van der Waals surface area (Å²) in [5, 5.41) is 14.7. The van der Waals surface area contributed by atoms with E-state index in [1.807, 2.05) is 49.5 Å². The lowest BCUT2D eigenvalue weighted by Gasteiger charge is -2.16. The molecule has 4 heteroatoms. The molecule has 1 aromatic carbocycles. The largest absolute Gasteiger partial charge is 0.386 e. The summed E-state index contributed by atoms with van der Waals surface area (Å²) in [5.74, 6) is 0.124. The Kier molecular flexibility index (Phi) is 4.71. The van der Waals surface area contributed by atoms with E-state index in [1.54, 1.807) is 11.8 Å². The monoisotopic (exact) mass is 260 g/mol. The van der Waals surface area contributed by atoms with Crippen molar-refractivity contribution in [3.05, 3.63) is 48.3 Å². The third kappa shape index (κ3) is 3.43. The van der Waals surface area contributed by atoms with Gasteiger partial charge in [0, 0.05) is 19.9 Å². The zero-order valence-corrected chi connectivity index (χ0v) is 11.4. The molecular weight excluding hydrogens is 240 g/mol. The van der Waals surface area contributed by atoms with Gasteiger partial charge in [-0.25, -0.2) is 4.68 Å². The summed E-state index contributed by atoms with van der Waals surface area (Å²) in [5.41, 5.74) is 1.69. The summed E-state index contributed by atoms with van der Waals surface area (Å²) in [4.78, 5) is 0. The molecule has 0 amide bonds. The quantitative estimate of drug-likeness (QED) is 0.868. The summed E-state index contributed by atoms with van der Waals surface area (Å²) in [6, 6.07) is 11.7. The van der Waals surface area contributed by atoms with Crippen LogP contribution in [0.25, 0.3) is 5.69 Å². The third-order valence-electron chi connectivity index (χ3n) is 3.25. The second kappa shape index (κ2) is 6.50. The van der Waals surface area contributed by atoms with Crippen molar-refractivity contribution in [2.24, 2.45) is 5.92 Å². The molecule has 0 aliphatic carbocycles. The molecule has 0 saturated carbocycles. The summed E-state index contributed by atoms with van der Waals surface area (Å²) in [7, 11) is 1.67. The third-order valence-corrected chi connectivity index (χ3v) is 3.25. The van der Waals surface area contributed by atoms with Crippen LogP contribution in [0.3, 0.4) is 0 Å². The smallest absolute Gasteiger partial charge is 0.100 e. The fourth-order valence-electron chi connectivity index (χ4n) is 1.97. The second-order valence-corrected chi connectivity index (χ2v) is 4.72. The number of aliphatic hydroxyl groups excluding tert-OH is 1. The maximum absolute atomic E-state index is 10.2. The minimum atomic E-state index is -0.555. The number of para-hydroxylation sites is 1. The molecular formula is C15H20N2O2. The molecule has 2 atom stereocenters. The number of ether oxygens (including phenoxy) is 1. The van der Waals surface area contributed by atoms with Crippen LogP contribution in [-0.4, -0.2) is 28.6 Å². The Hall–Kier alpha value is -1.65. The van der Waals surface area contributed by atoms with Gasteiger partial charge >= 0.3 is 0 Å². The Morgan fingerprint density at radius 1 is 1.26 bits per heavy atom. The van der Waals surface area contributed by atoms with Crippen LogP contribution in [-0.2, 0) is 4.74 Å². The number of hydrogen-bond acceptors (Lipinski definition) is 3. The summed E-state index contributed by atoms with van der Waals surface area (Å²) in [6.07, 6.45) is 2.13. The molecule has 102 valence electrons. The number of hydrogen-bond donors (Lipinski definition) is 1. The van der Waals surface area contributed by atoms with E-state index in [0.717, 1.165) is 12.1 Å². The molecule has 2 unspecified atom stereocenters. The zero-order valence-electron chi connectivity index (χ0n) is 11.4. The van der Waals surface area contributed by atoms with E-state index in [-0.39, 0.29) is 5.92 Å². The van der Waals surface area contributed by atoms with Crippen LogP contribution in [0.2, 0.25) is 0 Å². The summed E-state index contributed by atoms with van der Waals surface area (Å²) < 4.78 is 6.82. The van der Waals surface area contributed by atoms with E-state index in [2.05, 4.69) is 5.10 Å². The molecule has 1 N–H and O–H groups in total. The molecule has 0 fully saturated rings. The van der Waals surface area contributed by atoms with Gasteiger partial charge in [0.1, 0.15) is 6.10 Å². The molecule has 1 aromatic heterocycles. The van der Waals surface area contributed by atoms with E-state index < -0.39 is 6.10 Å². The lowest BCUT2D eigenvalue weighted by atomic mass is 9.99. The first-order valence-electron chi connectivity index (χ1n) is 6.50. The predicted molar refractivity (Wildman–Crippen MR) is 74.2 cm³/mol. The maximum atomic E-state index is 10.2. The van der Waals surface area contributed by atoms with Crippen LogP contribution in [0, 0.1) is 5.92 Å². The number of aliphatic hydroxyl groups is 1. The van der Waals surface area contributed by atoms with Gasteiger partial charge < -0.3 is 9.84 Å². The van der Waals surface area contributed by atoms with Crippen LogP contribution in [0.15, 0.2) is 42.6 Å². The summed E-state index contributed by atoms with van der Waals surface area (Å²) in [6.45, 7) is 2.66. The Morgan fingerprint density at radius 2 is 2.00 bits per heavy atom. The average molecular weight is 260 g/mol. The molecule has 0 spiro atoms. The fourth-order valence-corrected chi connectivity index (χ4v) is 1.97. The van der Waals surface area contributed by atoms with Crippen molar-refractivity contribution >= 4 is 0 Å². The molecule has 0 aliphatic heterocycles. The highest BCUT2D eigenvalue weighted by Gasteiger charge is 2.18. The van der Waals surface area contributed by atoms with Crippen LogP contribution >= 0.6 is 0 Å². The molecule has 0 saturated heterocycles. The van der Waals surface area contributed by atoms with Gasteiger partial charge in [0.05, 0.1) is 11.4 Å². The Morgan fingerprint density at radius 3 is 2.68 bits per heavy atom. The molecule has 0 aliphatic rings. The van der Waals surface area contributed by atoms with Gasteiger partial charge in [-0.15, -0.1) is 0 Å². The normalized spacial score (nSPS) is 14.3. The minimum absolute atomic E-state index is 0.124. The van der Waals surface area contributed by atoms with E-state index in [0.29, 0.717) is 12.3 Å². The van der Waals surface area contributed by atoms with Crippen molar-refractivity contribution in [1.82, 2.24) is 9.78 Å². The van der Waals surface area contributed by atoms with Crippen molar-refractivity contribution in [3.8, 4) is 5.69 Å². The molecule has 0 bridgehead atoms. The minimum Gasteiger partial charge on any atom is -0.386 e. The van der Waals surface area contributed by atoms with Gasteiger partial charge in [-0.2, -0.15) is 5.10 Å². The van der Waals surface area contributed by atoms with Gasteiger partial charge in [0.25, 0.3) is 0 Å². The lowest BCUT2D eigenvalue weighted by Crippen LogP contribution is -2.12. The molecule has 4 nitrogen and oxygen atoms in total. The highest BCUT2D eigenvalue weighted by molar-refractivity contribution is 5.30. The Balaban J connectivity index is 2.08. The van der Waals surface area contributed by atoms with Gasteiger partial charge in [-0.05, 0) is 30.5 Å². The van der Waals surface area contributed by atoms with Gasteiger partial charge in [-0.3, -0.25) is 0 Å². The lowest BCUT2D eigenvalue weighted by molar-refractivity contribution is 0.0852. The van der Waals surface area contributed by atoms with Gasteiger partial charge in [0.2, 0.25) is 0 Å². The number of benzene rings is 1. The molecule has 2 aromatic rings. The number of aromatic nitrogens is 2. The topological polar surface area (TPSA) is 47.3 Å². The Bertz CT molecular complexity index is 496. The molecule has 1 heterocycles. The van der Waals surface area contributed by atoms with Crippen molar-refractivity contribution in [2.45, 2.75) is 19.4 Å². The Labute approximate surface area is 113 Å². The maximum Gasteiger partial charge on any atom is 0.100 e. The van der Waals surface area contributed by atoms with E-state index >= 15 is 0 Å². The first kappa shape index (κ1) is 13.8. The van der Waals surface area contributed by atoms with E-state index in [9.17, 15) is 5.11 Å². The van der Waals surface area contributed by atoms with Gasteiger partial charge in [-0.1, -0.05) is 25.1 Å². The molecule has 0 radical (unpaired) electrons. The van der Waals surface area contributed by atoms with Gasteiger partial charge in [0.15, 0.2) is 0 Å².